The number of urea groups is 1. The van der Waals surface area contributed by atoms with E-state index in [1.54, 1.807) is 24.3 Å². The second kappa shape index (κ2) is 9.28. The highest BCUT2D eigenvalue weighted by atomic mass is 79.9. The maximum Gasteiger partial charge on any atom is 0.335 e. The number of carbonyl (C=O) groups excluding carboxylic acids is 3. The zero-order valence-corrected chi connectivity index (χ0v) is 19.0. The number of barbiturate groups is 1. The molecule has 0 aromatic heterocycles. The van der Waals surface area contributed by atoms with Gasteiger partial charge in [0.05, 0.1) is 14.6 Å². The number of anilines is 1. The van der Waals surface area contributed by atoms with Crippen LogP contribution in [0.5, 0.6) is 5.75 Å². The molecule has 152 valence electrons. The van der Waals surface area contributed by atoms with Crippen LogP contribution in [0.3, 0.4) is 0 Å². The summed E-state index contributed by atoms with van der Waals surface area (Å²) in [4.78, 5) is 38.6. The second-order valence-corrected chi connectivity index (χ2v) is 7.99. The van der Waals surface area contributed by atoms with Crippen molar-refractivity contribution in [3.8, 4) is 18.1 Å². The third-order valence-electron chi connectivity index (χ3n) is 4.34. The molecule has 1 heterocycles. The summed E-state index contributed by atoms with van der Waals surface area (Å²) < 4.78 is 6.64. The van der Waals surface area contributed by atoms with Crippen LogP contribution >= 0.6 is 31.9 Å². The normalized spacial score (nSPS) is 15.2. The quantitative estimate of drug-likeness (QED) is 0.351. The van der Waals surface area contributed by atoms with Gasteiger partial charge in [0.25, 0.3) is 11.8 Å². The lowest BCUT2D eigenvalue weighted by Crippen LogP contribution is -2.54. The topological polar surface area (TPSA) is 75.7 Å². The first-order valence-corrected chi connectivity index (χ1v) is 10.5. The molecule has 1 aliphatic rings. The highest BCUT2D eigenvalue weighted by Gasteiger charge is 2.36. The van der Waals surface area contributed by atoms with Crippen LogP contribution < -0.4 is 15.0 Å². The van der Waals surface area contributed by atoms with Crippen molar-refractivity contribution in [1.82, 2.24) is 5.32 Å². The van der Waals surface area contributed by atoms with Crippen LogP contribution in [0, 0.1) is 12.3 Å². The molecule has 0 unspecified atom stereocenters. The van der Waals surface area contributed by atoms with Gasteiger partial charge in [0.2, 0.25) is 0 Å². The molecule has 0 aliphatic carbocycles. The number of hydrogen-bond acceptors (Lipinski definition) is 4. The summed E-state index contributed by atoms with van der Waals surface area (Å²) in [5, 5.41) is 2.21. The predicted octanol–water partition coefficient (Wildman–Crippen LogP) is 4.45. The summed E-state index contributed by atoms with van der Waals surface area (Å²) in [6, 6.07) is 9.59. The lowest BCUT2D eigenvalue weighted by Gasteiger charge is -2.26. The zero-order valence-electron chi connectivity index (χ0n) is 15.9. The number of amides is 4. The molecule has 2 aromatic carbocycles. The van der Waals surface area contributed by atoms with E-state index in [9.17, 15) is 14.4 Å². The number of nitrogens with one attached hydrogen (secondary N) is 1. The molecule has 30 heavy (non-hydrogen) atoms. The van der Waals surface area contributed by atoms with E-state index < -0.39 is 17.8 Å². The number of carbonyl (C=O) groups is 3. The fraction of sp³-hybridized carbons (Fsp3) is 0.136. The molecule has 1 N–H and O–H groups in total. The molecular formula is C22H16Br2N2O4. The third-order valence-corrected chi connectivity index (χ3v) is 5.51. The number of nitrogens with zero attached hydrogens (tertiary/aromatic N) is 1. The van der Waals surface area contributed by atoms with Crippen molar-refractivity contribution in [2.45, 2.75) is 13.3 Å². The Morgan fingerprint density at radius 2 is 1.77 bits per heavy atom. The molecule has 1 fully saturated rings. The molecule has 1 saturated heterocycles. The van der Waals surface area contributed by atoms with Gasteiger partial charge in [-0.05, 0) is 79.7 Å². The summed E-state index contributed by atoms with van der Waals surface area (Å²) in [5.74, 6) is 1.43. The van der Waals surface area contributed by atoms with Crippen molar-refractivity contribution in [2.75, 3.05) is 11.5 Å². The molecule has 0 atom stereocenters. The van der Waals surface area contributed by atoms with Gasteiger partial charge in [-0.15, -0.1) is 6.42 Å². The van der Waals surface area contributed by atoms with E-state index in [2.05, 4.69) is 43.1 Å². The lowest BCUT2D eigenvalue weighted by molar-refractivity contribution is -0.122. The average molecular weight is 532 g/mol. The Labute approximate surface area is 190 Å². The van der Waals surface area contributed by atoms with E-state index in [-0.39, 0.29) is 12.2 Å². The highest BCUT2D eigenvalue weighted by molar-refractivity contribution is 9.11. The van der Waals surface area contributed by atoms with E-state index in [0.717, 1.165) is 16.9 Å². The van der Waals surface area contributed by atoms with Crippen LogP contribution in [0.2, 0.25) is 0 Å². The van der Waals surface area contributed by atoms with Gasteiger partial charge in [-0.2, -0.15) is 0 Å². The van der Waals surface area contributed by atoms with Gasteiger partial charge in [0, 0.05) is 0 Å². The van der Waals surface area contributed by atoms with Gasteiger partial charge in [0.1, 0.15) is 17.9 Å². The van der Waals surface area contributed by atoms with E-state index >= 15 is 0 Å². The first-order chi connectivity index (χ1) is 14.3. The van der Waals surface area contributed by atoms with Crippen molar-refractivity contribution in [1.29, 1.82) is 0 Å². The van der Waals surface area contributed by atoms with Gasteiger partial charge in [0.15, 0.2) is 0 Å². The molecular weight excluding hydrogens is 516 g/mol. The second-order valence-electron chi connectivity index (χ2n) is 6.28. The van der Waals surface area contributed by atoms with Crippen molar-refractivity contribution in [3.63, 3.8) is 0 Å². The van der Waals surface area contributed by atoms with E-state index in [4.69, 9.17) is 11.2 Å². The first-order valence-electron chi connectivity index (χ1n) is 8.91. The Morgan fingerprint density at radius 3 is 2.33 bits per heavy atom. The Balaban J connectivity index is 1.97. The number of imide groups is 2. The molecule has 0 radical (unpaired) electrons. The monoisotopic (exact) mass is 530 g/mol. The smallest absolute Gasteiger partial charge is 0.335 e. The Hall–Kier alpha value is -2.89. The maximum absolute atomic E-state index is 13.0. The Bertz CT molecular complexity index is 1080. The van der Waals surface area contributed by atoms with Crippen molar-refractivity contribution >= 4 is 61.5 Å². The van der Waals surface area contributed by atoms with Gasteiger partial charge >= 0.3 is 6.03 Å². The van der Waals surface area contributed by atoms with Crippen LogP contribution in [0.25, 0.3) is 6.08 Å². The number of aryl methyl sites for hydroxylation is 1. The third kappa shape index (κ3) is 4.48. The number of ether oxygens (including phenoxy) is 1. The number of rotatable bonds is 5. The van der Waals surface area contributed by atoms with E-state index in [1.165, 1.54) is 6.08 Å². The number of terminal acetylenes is 1. The standard InChI is InChI=1S/C22H16Br2N2O4/c1-3-9-30-19-17(23)11-14(12-18(19)24)10-16-20(27)25-22(29)26(21(16)28)15-7-5-13(4-2)6-8-15/h1,5-8,10-12H,4,9H2,2H3,(H,25,27,29)/b16-10-. The molecule has 3 rings (SSSR count). The zero-order chi connectivity index (χ0) is 21.8. The van der Waals surface area contributed by atoms with E-state index in [0.29, 0.717) is 25.9 Å². The number of hydrogen-bond donors (Lipinski definition) is 1. The largest absolute Gasteiger partial charge is 0.479 e. The summed E-state index contributed by atoms with van der Waals surface area (Å²) in [7, 11) is 0. The molecule has 8 heteroatoms. The molecule has 6 nitrogen and oxygen atoms in total. The van der Waals surface area contributed by atoms with Crippen LogP contribution in [0.1, 0.15) is 18.1 Å². The highest BCUT2D eigenvalue weighted by Crippen LogP contribution is 2.35. The minimum Gasteiger partial charge on any atom is -0.479 e. The van der Waals surface area contributed by atoms with Gasteiger partial charge < -0.3 is 4.74 Å². The maximum atomic E-state index is 13.0. The molecule has 0 bridgehead atoms. The van der Waals surface area contributed by atoms with Gasteiger partial charge in [-0.1, -0.05) is 25.0 Å². The molecule has 4 amide bonds. The lowest BCUT2D eigenvalue weighted by atomic mass is 10.1. The molecule has 0 spiro atoms. The number of halogens is 2. The SMILES string of the molecule is C#CCOc1c(Br)cc(/C=C2/C(=O)NC(=O)N(c3ccc(CC)cc3)C2=O)cc1Br. The van der Waals surface area contributed by atoms with Gasteiger partial charge in [-0.3, -0.25) is 14.9 Å². The van der Waals surface area contributed by atoms with Crippen LogP contribution in [0.4, 0.5) is 10.5 Å². The summed E-state index contributed by atoms with van der Waals surface area (Å²) >= 11 is 6.78. The summed E-state index contributed by atoms with van der Waals surface area (Å²) in [6.07, 6.45) is 7.46. The molecule has 0 saturated carbocycles. The van der Waals surface area contributed by atoms with Crippen molar-refractivity contribution in [3.05, 3.63) is 62.0 Å². The summed E-state index contributed by atoms with van der Waals surface area (Å²) in [6.45, 7) is 2.10. The van der Waals surface area contributed by atoms with Crippen molar-refractivity contribution in [2.24, 2.45) is 0 Å². The van der Waals surface area contributed by atoms with Crippen LogP contribution in [-0.2, 0) is 16.0 Å². The Kier molecular flexibility index (Phi) is 6.75. The first kappa shape index (κ1) is 21.8. The van der Waals surface area contributed by atoms with Crippen LogP contribution in [0.15, 0.2) is 50.9 Å². The average Bonchev–Trinajstić information content (AvgIpc) is 2.71. The summed E-state index contributed by atoms with van der Waals surface area (Å²) in [5.41, 5.74) is 1.84. The molecule has 2 aromatic rings. The van der Waals surface area contributed by atoms with E-state index in [1.807, 2.05) is 19.1 Å². The van der Waals surface area contributed by atoms with Crippen molar-refractivity contribution < 1.29 is 19.1 Å². The Morgan fingerprint density at radius 1 is 1.13 bits per heavy atom. The van der Waals surface area contributed by atoms with Crippen LogP contribution in [-0.4, -0.2) is 24.5 Å². The fourth-order valence-electron chi connectivity index (χ4n) is 2.85. The fourth-order valence-corrected chi connectivity index (χ4v) is 4.30. The number of benzene rings is 2. The van der Waals surface area contributed by atoms with Gasteiger partial charge in [-0.25, -0.2) is 9.69 Å². The minimum absolute atomic E-state index is 0.0897. The molecule has 1 aliphatic heterocycles. The minimum atomic E-state index is -0.785. The predicted molar refractivity (Wildman–Crippen MR) is 121 cm³/mol.